The van der Waals surface area contributed by atoms with Crippen LogP contribution in [0.5, 0.6) is 17.2 Å². The van der Waals surface area contributed by atoms with Crippen molar-refractivity contribution < 1.29 is 12.8 Å². The number of benzene rings is 21. The lowest BCUT2D eigenvalue weighted by molar-refractivity contribution is 0.311. The van der Waals surface area contributed by atoms with Crippen molar-refractivity contribution in [1.29, 1.82) is 0 Å². The van der Waals surface area contributed by atoms with E-state index in [9.17, 15) is 0 Å². The van der Waals surface area contributed by atoms with Crippen molar-refractivity contribution in [3.05, 3.63) is 497 Å². The van der Waals surface area contributed by atoms with E-state index in [0.29, 0.717) is 17.2 Å². The van der Waals surface area contributed by atoms with Gasteiger partial charge >= 0.3 is 15.1 Å². The van der Waals surface area contributed by atoms with E-state index in [1.807, 2.05) is 91.0 Å². The summed E-state index contributed by atoms with van der Waals surface area (Å²) in [5.74, 6) is 1.82. The van der Waals surface area contributed by atoms with E-state index in [2.05, 4.69) is 413 Å². The molecule has 0 aliphatic carbocycles. The van der Waals surface area contributed by atoms with Crippen LogP contribution in [-0.2, 0) is 0 Å². The van der Waals surface area contributed by atoms with Gasteiger partial charge in [0.15, 0.2) is 0 Å². The fourth-order valence-corrected chi connectivity index (χ4v) is 19.4. The summed E-state index contributed by atoms with van der Waals surface area (Å²) in [6.45, 7) is 0. The SMILES string of the molecule is C(=Cc1ccc(N(c2ccc3ccccc3c2)c2ccc3ccccc3c2)cc1)c1ccc(N(c2ccc3ccccc3c2)c2ccc3ccccc3c2)cc1.[2HH].c1ccc2cc(-c3c4ccccc4c(-c4ccc(-c5cccc6ccccc56)cc4)c4ccccc34)ccc2c1.c1cnc2c([O][Al]([O]c3cccc4cccnc34)[O]c3cccc4cccnc34)cccc2c1. The molecule has 24 aromatic rings. The van der Waals surface area contributed by atoms with Crippen LogP contribution in [0.2, 0.25) is 0 Å². The van der Waals surface area contributed by atoms with Crippen LogP contribution >= 0.6 is 0 Å². The third kappa shape index (κ3) is 16.3. The highest BCUT2D eigenvalue weighted by Gasteiger charge is 2.46. The molecule has 0 atom stereocenters. The Morgan fingerprint density at radius 3 is 0.846 bits per heavy atom. The molecule has 0 saturated carbocycles. The number of nitrogens with zero attached hydrogens (tertiary/aromatic N) is 5. The van der Waals surface area contributed by atoms with Crippen LogP contribution in [0.4, 0.5) is 34.1 Å². The van der Waals surface area contributed by atoms with Crippen molar-refractivity contribution in [3.63, 3.8) is 0 Å². The average molecular weight is 1680 g/mol. The van der Waals surface area contributed by atoms with E-state index < -0.39 is 15.1 Å². The number of hydrogen-bond donors (Lipinski definition) is 0. The van der Waals surface area contributed by atoms with Crippen molar-refractivity contribution in [2.45, 2.75) is 0 Å². The molecular weight excluding hydrogens is 1600 g/mol. The van der Waals surface area contributed by atoms with Crippen LogP contribution in [0.3, 0.4) is 0 Å². The fraction of sp³-hybridized carbons (Fsp3) is 0. The molecule has 0 aliphatic rings. The van der Waals surface area contributed by atoms with Gasteiger partial charge < -0.3 is 21.2 Å². The Bertz CT molecular complexity index is 7760. The number of aromatic nitrogens is 3. The second kappa shape index (κ2) is 35.7. The summed E-state index contributed by atoms with van der Waals surface area (Å²) in [6, 6.07) is 165. The molecule has 0 unspecified atom stereocenters. The number of rotatable bonds is 17. The molecule has 0 radical (unpaired) electrons. The highest BCUT2D eigenvalue weighted by atomic mass is 27.3. The highest BCUT2D eigenvalue weighted by Crippen LogP contribution is 2.47. The normalized spacial score (nSPS) is 11.4. The van der Waals surface area contributed by atoms with Crippen LogP contribution in [0, 0.1) is 0 Å². The Kier molecular flexibility index (Phi) is 21.7. The molecule has 9 heteroatoms. The monoisotopic (exact) mass is 1680 g/mol. The zero-order valence-electron chi connectivity index (χ0n) is 70.9. The third-order valence-corrected chi connectivity index (χ3v) is 25.8. The molecule has 21 aromatic carbocycles. The number of pyridine rings is 3. The van der Waals surface area contributed by atoms with E-state index in [1.165, 1.54) is 120 Å². The predicted octanol–water partition coefficient (Wildman–Crippen LogP) is 32.8. The highest BCUT2D eigenvalue weighted by molar-refractivity contribution is 6.40. The van der Waals surface area contributed by atoms with Crippen LogP contribution in [0.1, 0.15) is 12.6 Å². The van der Waals surface area contributed by atoms with E-state index in [0.717, 1.165) is 78.0 Å². The van der Waals surface area contributed by atoms with Gasteiger partial charge in [-0.2, -0.15) is 0 Å². The largest absolute Gasteiger partial charge is 1.20 e. The number of hydrogen-bond acceptors (Lipinski definition) is 8. The van der Waals surface area contributed by atoms with Crippen molar-refractivity contribution in [2.75, 3.05) is 9.80 Å². The van der Waals surface area contributed by atoms with Crippen LogP contribution in [0.25, 0.3) is 164 Å². The lowest BCUT2D eigenvalue weighted by atomic mass is 9.85. The summed E-state index contributed by atoms with van der Waals surface area (Å²) in [5, 5.41) is 23.0. The second-order valence-corrected chi connectivity index (χ2v) is 33.7. The zero-order chi connectivity index (χ0) is 86.5. The van der Waals surface area contributed by atoms with Gasteiger partial charge in [0.25, 0.3) is 0 Å². The van der Waals surface area contributed by atoms with Gasteiger partial charge in [-0.3, -0.25) is 15.0 Å². The van der Waals surface area contributed by atoms with Gasteiger partial charge in [0.05, 0.1) is 0 Å². The Hall–Kier alpha value is -16.8. The first-order valence-electron chi connectivity index (χ1n) is 43.9. The molecule has 0 spiro atoms. The maximum Gasteiger partial charge on any atom is 1.20 e. The maximum atomic E-state index is 6.41. The van der Waals surface area contributed by atoms with Crippen LogP contribution < -0.4 is 21.2 Å². The average Bonchev–Trinajstić information content (AvgIpc) is 0.729. The zero-order valence-corrected chi connectivity index (χ0v) is 72.0. The summed E-state index contributed by atoms with van der Waals surface area (Å²) >= 11 is -2.86. The first-order valence-corrected chi connectivity index (χ1v) is 45.3. The van der Waals surface area contributed by atoms with E-state index in [1.54, 1.807) is 18.6 Å². The van der Waals surface area contributed by atoms with Crippen LogP contribution in [-0.4, -0.2) is 30.1 Å². The van der Waals surface area contributed by atoms with Crippen molar-refractivity contribution in [1.82, 2.24) is 15.0 Å². The number of anilines is 6. The van der Waals surface area contributed by atoms with Crippen LogP contribution in [0.15, 0.2) is 486 Å². The molecule has 0 aliphatic heterocycles. The lowest BCUT2D eigenvalue weighted by Crippen LogP contribution is -2.37. The molecular formula is C121H84AlN5O3. The van der Waals surface area contributed by atoms with Gasteiger partial charge in [-0.25, -0.2) is 0 Å². The maximum absolute atomic E-state index is 6.41. The van der Waals surface area contributed by atoms with Crippen molar-refractivity contribution in [2.24, 2.45) is 0 Å². The Morgan fingerprint density at radius 2 is 0.469 bits per heavy atom. The van der Waals surface area contributed by atoms with E-state index in [4.69, 9.17) is 11.4 Å². The molecule has 0 fully saturated rings. The molecule has 0 bridgehead atoms. The van der Waals surface area contributed by atoms with Gasteiger partial charge in [0.1, 0.15) is 33.8 Å². The smallest absolute Gasteiger partial charge is 0.576 e. The Labute approximate surface area is 759 Å². The molecule has 130 heavy (non-hydrogen) atoms. The first kappa shape index (κ1) is 79.1. The minimum Gasteiger partial charge on any atom is -0.576 e. The molecule has 614 valence electrons. The minimum absolute atomic E-state index is 0. The minimum atomic E-state index is -2.86. The van der Waals surface area contributed by atoms with Crippen molar-refractivity contribution >= 4 is 180 Å². The predicted molar refractivity (Wildman–Crippen MR) is 549 cm³/mol. The molecule has 0 saturated heterocycles. The van der Waals surface area contributed by atoms with Gasteiger partial charge in [-0.05, 0) is 246 Å². The molecule has 3 heterocycles. The third-order valence-electron chi connectivity index (χ3n) is 24.4. The van der Waals surface area contributed by atoms with E-state index in [-0.39, 0.29) is 1.43 Å². The van der Waals surface area contributed by atoms with E-state index >= 15 is 0 Å². The summed E-state index contributed by atoms with van der Waals surface area (Å²) in [5.41, 5.74) is 18.9. The molecule has 0 N–H and O–H groups in total. The molecule has 3 aromatic heterocycles. The van der Waals surface area contributed by atoms with Crippen molar-refractivity contribution in [3.8, 4) is 50.6 Å². The summed E-state index contributed by atoms with van der Waals surface area (Å²) in [6.07, 6.45) is 9.63. The second-order valence-electron chi connectivity index (χ2n) is 32.5. The quantitative estimate of drug-likeness (QED) is 0.0507. The van der Waals surface area contributed by atoms with Gasteiger partial charge in [-0.15, -0.1) is 0 Å². The molecule has 8 nitrogen and oxygen atoms in total. The van der Waals surface area contributed by atoms with Gasteiger partial charge in [0.2, 0.25) is 0 Å². The first-order chi connectivity index (χ1) is 64.4. The van der Waals surface area contributed by atoms with Gasteiger partial charge in [-0.1, -0.05) is 364 Å². The number of fused-ring (bicyclic) bond motifs is 11. The Morgan fingerprint density at radius 1 is 0.200 bits per heavy atom. The molecule has 24 rings (SSSR count). The van der Waals surface area contributed by atoms with Gasteiger partial charge in [0, 0.05) is 70.3 Å². The standard InChI is InChI=1S/C54H38N2.C40H26.3C9H7NO.Al.H2/c1-5-13-45-35-51(31-23-41(45)9-1)55(52-32-24-42-10-2-6-14-46(42)36-52)49-27-19-39(20-28-49)17-18-40-21-29-50(30-22-40)56(53-33-25-43-11-3-7-15-47(43)37-53)54-34-26-44-12-4-8-16-48(44)38-54;1-2-12-31-26-32(25-20-27(31)10-1)40-37-17-7-5-15-35(37)39(36-16-6-8-18-38(36)40)30-23-21-29(22-24-30)34-19-9-13-28-11-3-4-14-33(28)34;3*11-8-5-1-3-7-4-2-6-10-9(7)8;;/h1-38H;1-26H;3*1-6,11H;;1H/q;;;;;+3;/p-3/i;;;;;;1+1. The summed E-state index contributed by atoms with van der Waals surface area (Å²) in [7, 11) is 0. The fourth-order valence-electron chi connectivity index (χ4n) is 18.1. The Balaban J connectivity index is 0.000000123. The summed E-state index contributed by atoms with van der Waals surface area (Å²) in [4.78, 5) is 18.2. The lowest BCUT2D eigenvalue weighted by Gasteiger charge is -2.26. The summed E-state index contributed by atoms with van der Waals surface area (Å²) < 4.78 is 19.2. The molecule has 0 amide bonds. The topological polar surface area (TPSA) is 72.8 Å². The number of para-hydroxylation sites is 3.